The van der Waals surface area contributed by atoms with Crippen molar-refractivity contribution in [3.63, 3.8) is 0 Å². The SMILES string of the molecule is NC(=O)C1CC(=O)N(c2nccc(-c3ccccn3)n2)C1. The molecule has 1 aliphatic heterocycles. The molecule has 7 nitrogen and oxygen atoms in total. The van der Waals surface area contributed by atoms with Gasteiger partial charge >= 0.3 is 0 Å². The average Bonchev–Trinajstić information content (AvgIpc) is 2.91. The molecule has 1 fully saturated rings. The van der Waals surface area contributed by atoms with Crippen LogP contribution in [0.25, 0.3) is 11.4 Å². The molecular weight excluding hydrogens is 270 g/mol. The molecule has 2 amide bonds. The van der Waals surface area contributed by atoms with Crippen LogP contribution in [-0.2, 0) is 9.59 Å². The summed E-state index contributed by atoms with van der Waals surface area (Å²) in [6.07, 6.45) is 3.34. The van der Waals surface area contributed by atoms with E-state index < -0.39 is 11.8 Å². The zero-order chi connectivity index (χ0) is 14.8. The Morgan fingerprint density at radius 1 is 1.19 bits per heavy atom. The lowest BCUT2D eigenvalue weighted by atomic mass is 10.1. The molecule has 0 aliphatic carbocycles. The van der Waals surface area contributed by atoms with Gasteiger partial charge in [0.2, 0.25) is 17.8 Å². The molecule has 1 aliphatic rings. The van der Waals surface area contributed by atoms with E-state index in [0.29, 0.717) is 11.4 Å². The summed E-state index contributed by atoms with van der Waals surface area (Å²) in [7, 11) is 0. The third kappa shape index (κ3) is 2.58. The molecule has 1 unspecified atom stereocenters. The molecular formula is C14H13N5O2. The highest BCUT2D eigenvalue weighted by atomic mass is 16.2. The Kier molecular flexibility index (Phi) is 3.31. The van der Waals surface area contributed by atoms with E-state index in [1.165, 1.54) is 4.90 Å². The first kappa shape index (κ1) is 13.2. The molecule has 2 N–H and O–H groups in total. The molecule has 2 aromatic heterocycles. The second-order valence-electron chi connectivity index (χ2n) is 4.76. The third-order valence-electron chi connectivity index (χ3n) is 3.34. The summed E-state index contributed by atoms with van der Waals surface area (Å²) >= 11 is 0. The van der Waals surface area contributed by atoms with Gasteiger partial charge in [-0.05, 0) is 18.2 Å². The van der Waals surface area contributed by atoms with Gasteiger partial charge in [-0.15, -0.1) is 0 Å². The van der Waals surface area contributed by atoms with E-state index >= 15 is 0 Å². The number of hydrogen-bond acceptors (Lipinski definition) is 5. The Bertz CT molecular complexity index is 689. The number of primary amides is 1. The molecule has 0 saturated carbocycles. The molecule has 3 heterocycles. The van der Waals surface area contributed by atoms with Crippen LogP contribution in [0.1, 0.15) is 6.42 Å². The van der Waals surface area contributed by atoms with Gasteiger partial charge in [-0.3, -0.25) is 19.5 Å². The largest absolute Gasteiger partial charge is 0.369 e. The average molecular weight is 283 g/mol. The van der Waals surface area contributed by atoms with Gasteiger partial charge in [-0.2, -0.15) is 0 Å². The smallest absolute Gasteiger partial charge is 0.232 e. The molecule has 0 bridgehead atoms. The van der Waals surface area contributed by atoms with Gasteiger partial charge in [0.25, 0.3) is 0 Å². The number of hydrogen-bond donors (Lipinski definition) is 1. The highest BCUT2D eigenvalue weighted by molar-refractivity contribution is 5.98. The van der Waals surface area contributed by atoms with Crippen LogP contribution in [0, 0.1) is 5.92 Å². The normalized spacial score (nSPS) is 18.0. The van der Waals surface area contributed by atoms with Gasteiger partial charge in [-0.25, -0.2) is 9.97 Å². The van der Waals surface area contributed by atoms with E-state index in [-0.39, 0.29) is 24.8 Å². The van der Waals surface area contributed by atoms with Gasteiger partial charge in [0.05, 0.1) is 17.3 Å². The van der Waals surface area contributed by atoms with Crippen molar-refractivity contribution in [1.29, 1.82) is 0 Å². The summed E-state index contributed by atoms with van der Waals surface area (Å²) in [5.74, 6) is -0.893. The van der Waals surface area contributed by atoms with E-state index in [0.717, 1.165) is 0 Å². The molecule has 0 spiro atoms. The molecule has 1 saturated heterocycles. The maximum Gasteiger partial charge on any atom is 0.232 e. The summed E-state index contributed by atoms with van der Waals surface area (Å²) in [5, 5.41) is 0. The molecule has 106 valence electrons. The van der Waals surface area contributed by atoms with Crippen LogP contribution in [0.5, 0.6) is 0 Å². The number of anilines is 1. The fourth-order valence-electron chi connectivity index (χ4n) is 2.23. The quantitative estimate of drug-likeness (QED) is 0.877. The molecule has 0 radical (unpaired) electrons. The minimum atomic E-state index is -0.486. The van der Waals surface area contributed by atoms with Crippen LogP contribution in [0.15, 0.2) is 36.7 Å². The van der Waals surface area contributed by atoms with Gasteiger partial charge in [0.1, 0.15) is 0 Å². The Balaban J connectivity index is 1.90. The van der Waals surface area contributed by atoms with E-state index in [4.69, 9.17) is 5.73 Å². The first-order chi connectivity index (χ1) is 10.1. The van der Waals surface area contributed by atoms with Crippen molar-refractivity contribution in [2.75, 3.05) is 11.4 Å². The summed E-state index contributed by atoms with van der Waals surface area (Å²) < 4.78 is 0. The van der Waals surface area contributed by atoms with Gasteiger partial charge in [0, 0.05) is 25.4 Å². The van der Waals surface area contributed by atoms with Gasteiger partial charge < -0.3 is 5.73 Å². The van der Waals surface area contributed by atoms with Crippen LogP contribution in [0.3, 0.4) is 0 Å². The maximum absolute atomic E-state index is 12.0. The first-order valence-electron chi connectivity index (χ1n) is 6.49. The predicted octanol–water partition coefficient (Wildman–Crippen LogP) is 0.377. The van der Waals surface area contributed by atoms with Crippen molar-refractivity contribution in [3.8, 4) is 11.4 Å². The van der Waals surface area contributed by atoms with Gasteiger partial charge in [-0.1, -0.05) is 6.07 Å². The number of rotatable bonds is 3. The highest BCUT2D eigenvalue weighted by Gasteiger charge is 2.35. The molecule has 3 rings (SSSR count). The second kappa shape index (κ2) is 5.28. The number of amides is 2. The van der Waals surface area contributed by atoms with Crippen molar-refractivity contribution in [2.45, 2.75) is 6.42 Å². The molecule has 2 aromatic rings. The lowest BCUT2D eigenvalue weighted by Crippen LogP contribution is -2.29. The maximum atomic E-state index is 12.0. The standard InChI is InChI=1S/C14H13N5O2/c15-13(21)9-7-12(20)19(8-9)14-17-6-4-11(18-14)10-3-1-2-5-16-10/h1-6,9H,7-8H2,(H2,15,21). The zero-order valence-electron chi connectivity index (χ0n) is 11.1. The monoisotopic (exact) mass is 283 g/mol. The zero-order valence-corrected chi connectivity index (χ0v) is 11.1. The lowest BCUT2D eigenvalue weighted by Gasteiger charge is -2.14. The number of nitrogens with zero attached hydrogens (tertiary/aromatic N) is 4. The number of carbonyl (C=O) groups is 2. The Morgan fingerprint density at radius 3 is 2.71 bits per heavy atom. The van der Waals surface area contributed by atoms with Crippen LogP contribution in [0.4, 0.5) is 5.95 Å². The third-order valence-corrected chi connectivity index (χ3v) is 3.34. The van der Waals surface area contributed by atoms with E-state index in [1.54, 1.807) is 18.5 Å². The van der Waals surface area contributed by atoms with Crippen LogP contribution < -0.4 is 10.6 Å². The van der Waals surface area contributed by atoms with Crippen molar-refractivity contribution < 1.29 is 9.59 Å². The van der Waals surface area contributed by atoms with Crippen LogP contribution >= 0.6 is 0 Å². The Labute approximate surface area is 120 Å². The summed E-state index contributed by atoms with van der Waals surface area (Å²) in [6, 6.07) is 7.21. The van der Waals surface area contributed by atoms with E-state index in [9.17, 15) is 9.59 Å². The number of aromatic nitrogens is 3. The Hall–Kier alpha value is -2.83. The summed E-state index contributed by atoms with van der Waals surface area (Å²) in [5.41, 5.74) is 6.57. The highest BCUT2D eigenvalue weighted by Crippen LogP contribution is 2.23. The van der Waals surface area contributed by atoms with Crippen molar-refractivity contribution in [1.82, 2.24) is 15.0 Å². The van der Waals surface area contributed by atoms with E-state index in [1.807, 2.05) is 18.2 Å². The van der Waals surface area contributed by atoms with E-state index in [2.05, 4.69) is 15.0 Å². The van der Waals surface area contributed by atoms with Crippen molar-refractivity contribution in [3.05, 3.63) is 36.7 Å². The number of carbonyl (C=O) groups excluding carboxylic acids is 2. The topological polar surface area (TPSA) is 102 Å². The van der Waals surface area contributed by atoms with Crippen molar-refractivity contribution in [2.24, 2.45) is 11.7 Å². The fraction of sp³-hybridized carbons (Fsp3) is 0.214. The summed E-state index contributed by atoms with van der Waals surface area (Å²) in [4.78, 5) is 37.2. The second-order valence-corrected chi connectivity index (χ2v) is 4.76. The molecule has 0 aromatic carbocycles. The number of nitrogens with two attached hydrogens (primary N) is 1. The summed E-state index contributed by atoms with van der Waals surface area (Å²) in [6.45, 7) is 0.222. The lowest BCUT2D eigenvalue weighted by molar-refractivity contribution is -0.123. The Morgan fingerprint density at radius 2 is 2.05 bits per heavy atom. The molecule has 1 atom stereocenters. The first-order valence-corrected chi connectivity index (χ1v) is 6.49. The molecule has 7 heteroatoms. The predicted molar refractivity (Wildman–Crippen MR) is 74.9 cm³/mol. The van der Waals surface area contributed by atoms with Crippen LogP contribution in [0.2, 0.25) is 0 Å². The van der Waals surface area contributed by atoms with Gasteiger partial charge in [0.15, 0.2) is 0 Å². The number of pyridine rings is 1. The molecule has 21 heavy (non-hydrogen) atoms. The fourth-order valence-corrected chi connectivity index (χ4v) is 2.23. The van der Waals surface area contributed by atoms with Crippen LogP contribution in [-0.4, -0.2) is 33.3 Å². The minimum absolute atomic E-state index is 0.104. The minimum Gasteiger partial charge on any atom is -0.369 e. The van der Waals surface area contributed by atoms with Crippen molar-refractivity contribution >= 4 is 17.8 Å².